The lowest BCUT2D eigenvalue weighted by atomic mass is 9.72. The minimum atomic E-state index is 0.299. The maximum absolute atomic E-state index is 11.6. The van der Waals surface area contributed by atoms with Gasteiger partial charge in [-0.1, -0.05) is 6.08 Å². The fourth-order valence-corrected chi connectivity index (χ4v) is 3.83. The van der Waals surface area contributed by atoms with Crippen molar-refractivity contribution in [3.05, 3.63) is 24.9 Å². The highest BCUT2D eigenvalue weighted by molar-refractivity contribution is 5.90. The van der Waals surface area contributed by atoms with Crippen LogP contribution in [0.15, 0.2) is 24.9 Å². The second-order valence-electron chi connectivity index (χ2n) is 5.68. The first-order chi connectivity index (χ1) is 8.28. The molecule has 0 radical (unpaired) electrons. The molecule has 2 N–H and O–H groups in total. The number of ketones is 1. The van der Waals surface area contributed by atoms with Crippen LogP contribution in [-0.2, 0) is 4.79 Å². The molecule has 3 aliphatic rings. The van der Waals surface area contributed by atoms with E-state index >= 15 is 0 Å². The highest BCUT2D eigenvalue weighted by Gasteiger charge is 2.45. The number of allylic oxidation sites excluding steroid dienone is 1. The normalized spacial score (nSPS) is 40.0. The van der Waals surface area contributed by atoms with Gasteiger partial charge < -0.3 is 10.2 Å². The predicted molar refractivity (Wildman–Crippen MR) is 66.2 cm³/mol. The minimum absolute atomic E-state index is 0.299. The van der Waals surface area contributed by atoms with Gasteiger partial charge in [0.1, 0.15) is 0 Å². The van der Waals surface area contributed by atoms with E-state index in [4.69, 9.17) is 0 Å². The summed E-state index contributed by atoms with van der Waals surface area (Å²) < 4.78 is 0. The molecule has 3 heterocycles. The molecule has 0 aromatic carbocycles. The Kier molecular flexibility index (Phi) is 2.79. The van der Waals surface area contributed by atoms with Gasteiger partial charge in [-0.05, 0) is 12.5 Å². The smallest absolute Gasteiger partial charge is 0.159 e. The molecule has 92 valence electrons. The van der Waals surface area contributed by atoms with Gasteiger partial charge in [0, 0.05) is 43.5 Å². The van der Waals surface area contributed by atoms with E-state index < -0.39 is 0 Å². The first kappa shape index (κ1) is 11.0. The van der Waals surface area contributed by atoms with Gasteiger partial charge in [0.2, 0.25) is 0 Å². The van der Waals surface area contributed by atoms with Crippen molar-refractivity contribution >= 4 is 5.78 Å². The molecule has 0 amide bonds. The molecule has 0 spiro atoms. The fourth-order valence-electron chi connectivity index (χ4n) is 3.83. The Balaban J connectivity index is 1.83. The zero-order chi connectivity index (χ0) is 11.8. The van der Waals surface area contributed by atoms with Crippen molar-refractivity contribution < 1.29 is 10.1 Å². The van der Waals surface area contributed by atoms with Crippen molar-refractivity contribution in [1.29, 1.82) is 0 Å². The Bertz CT molecular complexity index is 363. The van der Waals surface area contributed by atoms with Gasteiger partial charge in [0.15, 0.2) is 5.78 Å². The highest BCUT2D eigenvalue weighted by atomic mass is 16.1. The number of hydrogen-bond donors (Lipinski definition) is 1. The number of rotatable bonds is 2. The molecule has 0 aromatic heterocycles. The van der Waals surface area contributed by atoms with E-state index in [0.717, 1.165) is 25.3 Å². The van der Waals surface area contributed by atoms with Gasteiger partial charge in [-0.25, -0.2) is 0 Å². The van der Waals surface area contributed by atoms with E-state index in [1.807, 2.05) is 12.3 Å². The van der Waals surface area contributed by atoms with Crippen molar-refractivity contribution in [3.8, 4) is 0 Å². The maximum Gasteiger partial charge on any atom is 0.159 e. The molecule has 17 heavy (non-hydrogen) atoms. The molecule has 2 bridgehead atoms. The van der Waals surface area contributed by atoms with E-state index in [2.05, 4.69) is 16.8 Å². The molecule has 2 saturated heterocycles. The lowest BCUT2D eigenvalue weighted by molar-refractivity contribution is -0.713. The van der Waals surface area contributed by atoms with Crippen LogP contribution in [0, 0.1) is 11.8 Å². The number of carbonyl (C=O) groups is 1. The Morgan fingerprint density at radius 1 is 1.59 bits per heavy atom. The minimum Gasteiger partial charge on any atom is -0.373 e. The number of quaternary nitrogens is 1. The van der Waals surface area contributed by atoms with Crippen molar-refractivity contribution in [2.75, 3.05) is 13.1 Å². The average Bonchev–Trinajstić information content (AvgIpc) is 2.34. The van der Waals surface area contributed by atoms with Crippen LogP contribution in [0.5, 0.6) is 0 Å². The zero-order valence-electron chi connectivity index (χ0n) is 10.2. The van der Waals surface area contributed by atoms with Gasteiger partial charge in [0.05, 0.1) is 12.6 Å². The third-order valence-corrected chi connectivity index (χ3v) is 4.62. The van der Waals surface area contributed by atoms with Crippen LogP contribution in [0.25, 0.3) is 0 Å². The Hall–Kier alpha value is -1.09. The first-order valence-electron chi connectivity index (χ1n) is 6.69. The van der Waals surface area contributed by atoms with Crippen LogP contribution in [0.1, 0.15) is 19.3 Å². The topological polar surface area (TPSA) is 36.9 Å². The first-order valence-corrected chi connectivity index (χ1v) is 6.69. The molecule has 0 unspecified atom stereocenters. The number of nitrogens with two attached hydrogens (primary N) is 1. The molecule has 0 aliphatic carbocycles. The summed E-state index contributed by atoms with van der Waals surface area (Å²) in [6.07, 6.45) is 8.91. The van der Waals surface area contributed by atoms with Crippen LogP contribution in [-0.4, -0.2) is 35.9 Å². The van der Waals surface area contributed by atoms with Crippen molar-refractivity contribution in [2.45, 2.75) is 31.3 Å². The molecule has 3 nitrogen and oxygen atoms in total. The molecular weight excluding hydrogens is 212 g/mol. The third kappa shape index (κ3) is 1.93. The summed E-state index contributed by atoms with van der Waals surface area (Å²) >= 11 is 0. The van der Waals surface area contributed by atoms with Crippen LogP contribution < -0.4 is 5.32 Å². The molecule has 4 atom stereocenters. The quantitative estimate of drug-likeness (QED) is 0.697. The number of nitrogens with zero attached hydrogens (tertiary/aromatic N) is 1. The second kappa shape index (κ2) is 4.30. The molecule has 2 fully saturated rings. The molecule has 3 aliphatic heterocycles. The Morgan fingerprint density at radius 3 is 3.29 bits per heavy atom. The van der Waals surface area contributed by atoms with Crippen molar-refractivity contribution in [1.82, 2.24) is 4.90 Å². The molecule has 3 rings (SSSR count). The van der Waals surface area contributed by atoms with E-state index in [0.29, 0.717) is 23.8 Å². The molecule has 0 saturated carbocycles. The monoisotopic (exact) mass is 233 g/mol. The lowest BCUT2D eigenvalue weighted by Gasteiger charge is -2.49. The summed E-state index contributed by atoms with van der Waals surface area (Å²) in [5.41, 5.74) is 0. The van der Waals surface area contributed by atoms with E-state index in [9.17, 15) is 4.79 Å². The summed E-state index contributed by atoms with van der Waals surface area (Å²) in [7, 11) is 0. The van der Waals surface area contributed by atoms with Crippen LogP contribution >= 0.6 is 0 Å². The third-order valence-electron chi connectivity index (χ3n) is 4.62. The summed E-state index contributed by atoms with van der Waals surface area (Å²) in [5.74, 6) is 1.76. The summed E-state index contributed by atoms with van der Waals surface area (Å²) in [6, 6.07) is 1.08. The summed E-state index contributed by atoms with van der Waals surface area (Å²) in [5, 5.41) is 2.49. The van der Waals surface area contributed by atoms with Crippen molar-refractivity contribution in [2.24, 2.45) is 11.8 Å². The lowest BCUT2D eigenvalue weighted by Crippen LogP contribution is -2.96. The average molecular weight is 233 g/mol. The van der Waals surface area contributed by atoms with Gasteiger partial charge in [0.25, 0.3) is 0 Å². The van der Waals surface area contributed by atoms with E-state index in [1.165, 1.54) is 13.0 Å². The van der Waals surface area contributed by atoms with Crippen LogP contribution in [0.3, 0.4) is 0 Å². The summed E-state index contributed by atoms with van der Waals surface area (Å²) in [6.45, 7) is 6.24. The summed E-state index contributed by atoms with van der Waals surface area (Å²) in [4.78, 5) is 14.0. The second-order valence-corrected chi connectivity index (χ2v) is 5.68. The van der Waals surface area contributed by atoms with Crippen LogP contribution in [0.4, 0.5) is 0 Å². The molecule has 3 heteroatoms. The van der Waals surface area contributed by atoms with Gasteiger partial charge in [-0.15, -0.1) is 6.58 Å². The molecular formula is C14H21N2O+. The molecule has 0 aromatic rings. The number of hydrogen-bond acceptors (Lipinski definition) is 2. The Morgan fingerprint density at radius 2 is 2.47 bits per heavy atom. The van der Waals surface area contributed by atoms with Gasteiger partial charge in [-0.3, -0.25) is 4.79 Å². The van der Waals surface area contributed by atoms with E-state index in [1.54, 1.807) is 6.08 Å². The van der Waals surface area contributed by atoms with Crippen LogP contribution in [0.2, 0.25) is 0 Å². The fraction of sp³-hybridized carbons (Fsp3) is 0.643. The standard InChI is InChI=1S/C14H20N2O/c1-2-3-13-12-6-10(8-15-13)9-16-5-4-11(17)7-14(12)16/h2,4-5,10,12-15H,1,3,6-9H2/p+1/t10-,12+,13-,14-/m1/s1. The largest absolute Gasteiger partial charge is 0.373 e. The number of fused-ring (bicyclic) bond motifs is 4. The number of carbonyl (C=O) groups excluding carboxylic acids is 1. The van der Waals surface area contributed by atoms with Crippen molar-refractivity contribution in [3.63, 3.8) is 0 Å². The van der Waals surface area contributed by atoms with Gasteiger partial charge >= 0.3 is 0 Å². The zero-order valence-corrected chi connectivity index (χ0v) is 10.2. The maximum atomic E-state index is 11.6. The van der Waals surface area contributed by atoms with Gasteiger partial charge in [-0.2, -0.15) is 0 Å². The predicted octanol–water partition coefficient (Wildman–Crippen LogP) is 0.301. The highest BCUT2D eigenvalue weighted by Crippen LogP contribution is 2.35. The SMILES string of the molecule is C=CC[C@H]1[NH2+]C[C@H]2C[C@@H]1[C@H]1CC(=O)C=CN1C2. The number of piperidine rings is 2. The Labute approximate surface area is 103 Å². The van der Waals surface area contributed by atoms with E-state index in [-0.39, 0.29) is 0 Å².